The van der Waals surface area contributed by atoms with Crippen LogP contribution in [0, 0.1) is 0 Å². The molecule has 0 spiro atoms. The van der Waals surface area contributed by atoms with E-state index in [2.05, 4.69) is 5.10 Å². The summed E-state index contributed by atoms with van der Waals surface area (Å²) in [6, 6.07) is 4.66. The van der Waals surface area contributed by atoms with E-state index in [0.717, 1.165) is 10.2 Å². The summed E-state index contributed by atoms with van der Waals surface area (Å²) in [5, 5.41) is 8.65. The summed E-state index contributed by atoms with van der Waals surface area (Å²) in [5.41, 5.74) is 0.863. The Bertz CT molecular complexity index is 711. The Morgan fingerprint density at radius 3 is 2.69 bits per heavy atom. The Morgan fingerprint density at radius 1 is 1.44 bits per heavy atom. The zero-order chi connectivity index (χ0) is 11.9. The second kappa shape index (κ2) is 3.58. The Kier molecular flexibility index (Phi) is 2.49. The second-order valence-electron chi connectivity index (χ2n) is 3.25. The molecule has 16 heavy (non-hydrogen) atoms. The lowest BCUT2D eigenvalue weighted by molar-refractivity contribution is 0.598. The number of nitrogens with two attached hydrogens (primary N) is 2. The molecule has 1 aromatic heterocycles. The van der Waals surface area contributed by atoms with E-state index < -0.39 is 10.0 Å². The minimum absolute atomic E-state index is 0.0884. The molecule has 2 rings (SSSR count). The van der Waals surface area contributed by atoms with Crippen molar-refractivity contribution in [1.29, 1.82) is 0 Å². The molecule has 0 aliphatic carbocycles. The fraction of sp³-hybridized carbons (Fsp3) is 0.125. The summed E-state index contributed by atoms with van der Waals surface area (Å²) in [7, 11) is -1.86. The maximum atomic E-state index is 11.2. The minimum Gasteiger partial charge on any atom is -0.320 e. The summed E-state index contributed by atoms with van der Waals surface area (Å²) in [5.74, 6) is 5.21. The summed E-state index contributed by atoms with van der Waals surface area (Å²) < 4.78 is 24.9. The van der Waals surface area contributed by atoms with Crippen LogP contribution in [0.3, 0.4) is 0 Å². The van der Waals surface area contributed by atoms with E-state index in [4.69, 9.17) is 11.0 Å². The van der Waals surface area contributed by atoms with Gasteiger partial charge >= 0.3 is 0 Å². The Balaban J connectivity index is 2.84. The Labute approximate surface area is 95.9 Å². The summed E-state index contributed by atoms with van der Waals surface area (Å²) in [6.07, 6.45) is 0. The van der Waals surface area contributed by atoms with E-state index in [1.54, 1.807) is 17.7 Å². The maximum Gasteiger partial charge on any atom is 0.238 e. The molecule has 0 saturated carbocycles. The third-order valence-electron chi connectivity index (χ3n) is 2.22. The fourth-order valence-electron chi connectivity index (χ4n) is 1.41. The summed E-state index contributed by atoms with van der Waals surface area (Å²) in [6.45, 7) is 0. The van der Waals surface area contributed by atoms with Crippen molar-refractivity contribution in [1.82, 2.24) is 4.57 Å². The number of aromatic nitrogens is 1. The molecule has 86 valence electrons. The van der Waals surface area contributed by atoms with Gasteiger partial charge in [-0.3, -0.25) is 0 Å². The van der Waals surface area contributed by atoms with Crippen molar-refractivity contribution in [2.24, 2.45) is 23.1 Å². The standard InChI is InChI=1S/C8H10N4O2S2/c1-12-6-3-2-5(16(10,13)14)4-7(6)15-8(12)11-9/h2-4H,9H2,1H3,(H2,10,13,14). The smallest absolute Gasteiger partial charge is 0.238 e. The topological polar surface area (TPSA) is 103 Å². The van der Waals surface area contributed by atoms with Gasteiger partial charge in [-0.2, -0.15) is 5.10 Å². The molecule has 6 nitrogen and oxygen atoms in total. The van der Waals surface area contributed by atoms with Gasteiger partial charge in [-0.15, -0.1) is 0 Å². The van der Waals surface area contributed by atoms with E-state index in [-0.39, 0.29) is 4.90 Å². The molecular formula is C8H10N4O2S2. The van der Waals surface area contributed by atoms with E-state index in [0.29, 0.717) is 4.80 Å². The van der Waals surface area contributed by atoms with Crippen molar-refractivity contribution < 1.29 is 8.42 Å². The number of primary sulfonamides is 1. The van der Waals surface area contributed by atoms with E-state index >= 15 is 0 Å². The first-order chi connectivity index (χ1) is 7.43. The molecule has 0 aliphatic rings. The first-order valence-electron chi connectivity index (χ1n) is 4.30. The van der Waals surface area contributed by atoms with Gasteiger partial charge in [0.15, 0.2) is 0 Å². The van der Waals surface area contributed by atoms with Gasteiger partial charge in [-0.25, -0.2) is 13.6 Å². The van der Waals surface area contributed by atoms with Crippen LogP contribution in [-0.2, 0) is 17.1 Å². The van der Waals surface area contributed by atoms with Gasteiger partial charge in [0.05, 0.1) is 15.1 Å². The number of nitrogens with zero attached hydrogens (tertiary/aromatic N) is 2. The molecule has 1 aromatic carbocycles. The van der Waals surface area contributed by atoms with Crippen molar-refractivity contribution in [2.45, 2.75) is 4.90 Å². The molecule has 0 radical (unpaired) electrons. The normalized spacial score (nSPS) is 13.5. The number of rotatable bonds is 1. The van der Waals surface area contributed by atoms with Crippen molar-refractivity contribution in [3.63, 3.8) is 0 Å². The number of hydrogen-bond donors (Lipinski definition) is 2. The van der Waals surface area contributed by atoms with Gasteiger partial charge < -0.3 is 10.4 Å². The molecule has 2 aromatic rings. The molecule has 0 bridgehead atoms. The van der Waals surface area contributed by atoms with Gasteiger partial charge in [0.1, 0.15) is 0 Å². The number of sulfonamides is 1. The van der Waals surface area contributed by atoms with E-state index in [9.17, 15) is 8.42 Å². The van der Waals surface area contributed by atoms with Gasteiger partial charge in [0.2, 0.25) is 14.8 Å². The van der Waals surface area contributed by atoms with Crippen LogP contribution < -0.4 is 15.8 Å². The molecule has 0 saturated heterocycles. The largest absolute Gasteiger partial charge is 0.320 e. The van der Waals surface area contributed by atoms with Crippen LogP contribution >= 0.6 is 11.3 Å². The molecule has 8 heteroatoms. The SMILES string of the molecule is Cn1c(=NN)sc2cc(S(N)(=O)=O)ccc21. The van der Waals surface area contributed by atoms with Crippen LogP contribution in [0.15, 0.2) is 28.2 Å². The zero-order valence-electron chi connectivity index (χ0n) is 8.41. The first-order valence-corrected chi connectivity index (χ1v) is 6.66. The van der Waals surface area contributed by atoms with Crippen molar-refractivity contribution in [3.8, 4) is 0 Å². The minimum atomic E-state index is -3.67. The lowest BCUT2D eigenvalue weighted by atomic mass is 10.3. The highest BCUT2D eigenvalue weighted by Crippen LogP contribution is 2.20. The highest BCUT2D eigenvalue weighted by atomic mass is 32.2. The Morgan fingerprint density at radius 2 is 2.12 bits per heavy atom. The highest BCUT2D eigenvalue weighted by molar-refractivity contribution is 7.89. The summed E-state index contributed by atoms with van der Waals surface area (Å²) in [4.78, 5) is 0.701. The average molecular weight is 258 g/mol. The molecule has 0 atom stereocenters. The van der Waals surface area contributed by atoms with Crippen molar-refractivity contribution in [3.05, 3.63) is 23.0 Å². The number of hydrogen-bond acceptors (Lipinski definition) is 5. The van der Waals surface area contributed by atoms with Gasteiger partial charge in [0.25, 0.3) is 0 Å². The van der Waals surface area contributed by atoms with Gasteiger partial charge in [-0.1, -0.05) is 11.3 Å². The number of aryl methyl sites for hydroxylation is 1. The predicted octanol–water partition coefficient (Wildman–Crippen LogP) is -0.338. The summed E-state index contributed by atoms with van der Waals surface area (Å²) >= 11 is 1.31. The van der Waals surface area contributed by atoms with E-state index in [1.807, 2.05) is 0 Å². The predicted molar refractivity (Wildman–Crippen MR) is 61.9 cm³/mol. The number of benzene rings is 1. The van der Waals surface area contributed by atoms with Crippen LogP contribution in [0.2, 0.25) is 0 Å². The lowest BCUT2D eigenvalue weighted by Gasteiger charge is -1.98. The monoisotopic (exact) mass is 258 g/mol. The molecule has 0 unspecified atom stereocenters. The van der Waals surface area contributed by atoms with Crippen LogP contribution in [0.4, 0.5) is 0 Å². The van der Waals surface area contributed by atoms with Gasteiger partial charge in [0, 0.05) is 7.05 Å². The number of fused-ring (bicyclic) bond motifs is 1. The second-order valence-corrected chi connectivity index (χ2v) is 5.82. The van der Waals surface area contributed by atoms with E-state index in [1.165, 1.54) is 23.5 Å². The van der Waals surface area contributed by atoms with Crippen LogP contribution in [0.25, 0.3) is 10.2 Å². The quantitative estimate of drug-likeness (QED) is 0.540. The van der Waals surface area contributed by atoms with Crippen molar-refractivity contribution in [2.75, 3.05) is 0 Å². The average Bonchev–Trinajstić information content (AvgIpc) is 2.54. The molecule has 0 fully saturated rings. The Hall–Kier alpha value is -1.38. The maximum absolute atomic E-state index is 11.2. The van der Waals surface area contributed by atoms with Crippen molar-refractivity contribution >= 4 is 31.6 Å². The molecule has 4 N–H and O–H groups in total. The molecule has 0 amide bonds. The molecule has 0 aliphatic heterocycles. The van der Waals surface area contributed by atoms with Crippen LogP contribution in [0.1, 0.15) is 0 Å². The molecular weight excluding hydrogens is 248 g/mol. The highest BCUT2D eigenvalue weighted by Gasteiger charge is 2.10. The first kappa shape index (κ1) is 11.1. The van der Waals surface area contributed by atoms with Crippen LogP contribution in [0.5, 0.6) is 0 Å². The number of thiazole rings is 1. The third-order valence-corrected chi connectivity index (χ3v) is 4.24. The molecule has 1 heterocycles. The lowest BCUT2D eigenvalue weighted by Crippen LogP contribution is -2.12. The zero-order valence-corrected chi connectivity index (χ0v) is 10.0. The van der Waals surface area contributed by atoms with Crippen LogP contribution in [-0.4, -0.2) is 13.0 Å². The third kappa shape index (κ3) is 1.70. The fourth-order valence-corrected chi connectivity index (χ4v) is 3.01. The van der Waals surface area contributed by atoms with Gasteiger partial charge in [-0.05, 0) is 18.2 Å².